The van der Waals surface area contributed by atoms with Crippen molar-refractivity contribution in [3.63, 3.8) is 0 Å². The number of aliphatic carboxylic acids is 1. The van der Waals surface area contributed by atoms with Gasteiger partial charge in [0.05, 0.1) is 34.4 Å². The number of likely N-dealkylation sites (N-methyl/N-ethyl adjacent to an activating group) is 1. The molecule has 0 radical (unpaired) electrons. The Morgan fingerprint density at radius 1 is 0.309 bits per heavy atom. The first-order chi connectivity index (χ1) is 47.6. The van der Waals surface area contributed by atoms with E-state index in [0.717, 1.165) is 116 Å². The van der Waals surface area contributed by atoms with Crippen LogP contribution in [-0.2, 0) is 33.3 Å². The number of unbranched alkanes of at least 4 members (excludes halogenated alkanes) is 34. The lowest BCUT2D eigenvalue weighted by Crippen LogP contribution is -2.40. The molecule has 0 amide bonds. The number of allylic oxidation sites excluding steroid dienone is 24. The Balaban J connectivity index is 4.04. The summed E-state index contributed by atoms with van der Waals surface area (Å²) in [7, 11) is 5.98. The number of hydrogen-bond acceptors (Lipinski definition) is 7. The van der Waals surface area contributed by atoms with E-state index in [1.54, 1.807) is 0 Å². The first-order valence-electron chi connectivity index (χ1n) is 40.0. The molecule has 9 nitrogen and oxygen atoms in total. The molecule has 554 valence electrons. The van der Waals surface area contributed by atoms with E-state index in [9.17, 15) is 19.5 Å². The van der Waals surface area contributed by atoms with Gasteiger partial charge in [-0.25, -0.2) is 4.79 Å². The number of hydrogen-bond donors (Lipinski definition) is 1. The van der Waals surface area contributed by atoms with E-state index in [1.807, 2.05) is 21.1 Å². The number of ether oxygens (including phenoxy) is 4. The molecule has 0 aliphatic carbocycles. The maximum atomic E-state index is 13.0. The maximum Gasteiger partial charge on any atom is 0.361 e. The van der Waals surface area contributed by atoms with Crippen LogP contribution < -0.4 is 0 Å². The number of carboxylic acids is 1. The van der Waals surface area contributed by atoms with Crippen molar-refractivity contribution < 1.29 is 42.9 Å². The zero-order valence-corrected chi connectivity index (χ0v) is 63.4. The molecule has 0 aliphatic rings. The predicted octanol–water partition coefficient (Wildman–Crippen LogP) is 25.8. The van der Waals surface area contributed by atoms with E-state index in [0.29, 0.717) is 23.9 Å². The molecule has 0 aromatic carbocycles. The minimum atomic E-state index is -1.52. The molecule has 0 saturated heterocycles. The number of carbonyl (C=O) groups is 3. The molecule has 0 bridgehead atoms. The Morgan fingerprint density at radius 3 is 0.825 bits per heavy atom. The highest BCUT2D eigenvalue weighted by Gasteiger charge is 2.25. The zero-order valence-electron chi connectivity index (χ0n) is 63.4. The highest BCUT2D eigenvalue weighted by Crippen LogP contribution is 2.18. The Bertz CT molecular complexity index is 2110. The average molecular weight is 1350 g/mol. The fraction of sp³-hybridized carbons (Fsp3) is 0.693. The second-order valence-electron chi connectivity index (χ2n) is 27.6. The average Bonchev–Trinajstić information content (AvgIpc) is 2.39. The summed E-state index contributed by atoms with van der Waals surface area (Å²) in [4.78, 5) is 37.8. The molecule has 0 aliphatic heterocycles. The van der Waals surface area contributed by atoms with E-state index in [2.05, 4.69) is 160 Å². The third-order valence-corrected chi connectivity index (χ3v) is 17.1. The monoisotopic (exact) mass is 1350 g/mol. The van der Waals surface area contributed by atoms with Gasteiger partial charge in [-0.3, -0.25) is 9.59 Å². The van der Waals surface area contributed by atoms with Crippen molar-refractivity contribution in [3.05, 3.63) is 146 Å². The first-order valence-corrected chi connectivity index (χ1v) is 40.0. The number of esters is 2. The van der Waals surface area contributed by atoms with Gasteiger partial charge >= 0.3 is 17.9 Å². The lowest BCUT2D eigenvalue weighted by molar-refractivity contribution is -0.870. The number of quaternary nitrogens is 1. The Morgan fingerprint density at radius 2 is 0.557 bits per heavy atom. The molecule has 0 spiro atoms. The van der Waals surface area contributed by atoms with Crippen molar-refractivity contribution >= 4 is 17.9 Å². The SMILES string of the molecule is CC/C=C\C/C=C\C/C=C\C/C=C\C/C=C\C/C=C\C/C=C\C/C=C\CCCCCCCCCCCCCCCCC(=O)OC(COC(=O)CCCCCCCCCCCCCCCCCCCCCC/C=C\C/C=C\C/C=C\C/C=C\CC)COC(OCC[N+](C)(C)C)C(=O)O. The van der Waals surface area contributed by atoms with Gasteiger partial charge in [-0.1, -0.05) is 352 Å². The molecular formula is C88H150NO8+. The van der Waals surface area contributed by atoms with Gasteiger partial charge in [0.2, 0.25) is 0 Å². The van der Waals surface area contributed by atoms with Gasteiger partial charge in [0.25, 0.3) is 6.29 Å². The van der Waals surface area contributed by atoms with E-state index < -0.39 is 24.3 Å². The Hall–Kier alpha value is -4.83. The molecule has 0 aromatic rings. The summed E-state index contributed by atoms with van der Waals surface area (Å²) in [5, 5.41) is 9.78. The molecule has 0 aromatic heterocycles. The van der Waals surface area contributed by atoms with E-state index in [1.165, 1.54) is 186 Å². The van der Waals surface area contributed by atoms with Crippen LogP contribution in [0.4, 0.5) is 0 Å². The molecule has 0 heterocycles. The minimum Gasteiger partial charge on any atom is -0.477 e. The van der Waals surface area contributed by atoms with Crippen molar-refractivity contribution in [3.8, 4) is 0 Å². The summed E-state index contributed by atoms with van der Waals surface area (Å²) in [6, 6.07) is 0. The number of carbonyl (C=O) groups excluding carboxylic acids is 2. The second kappa shape index (κ2) is 76.9. The van der Waals surface area contributed by atoms with E-state index >= 15 is 0 Å². The van der Waals surface area contributed by atoms with Crippen LogP contribution >= 0.6 is 0 Å². The van der Waals surface area contributed by atoms with Crippen molar-refractivity contribution in [2.45, 2.75) is 347 Å². The van der Waals surface area contributed by atoms with Crippen LogP contribution in [0.3, 0.4) is 0 Å². The van der Waals surface area contributed by atoms with Crippen molar-refractivity contribution in [1.29, 1.82) is 0 Å². The summed E-state index contributed by atoms with van der Waals surface area (Å²) in [5.74, 6) is -2.00. The second-order valence-corrected chi connectivity index (χ2v) is 27.6. The normalized spacial score (nSPS) is 13.5. The lowest BCUT2D eigenvalue weighted by Gasteiger charge is -2.25. The summed E-state index contributed by atoms with van der Waals surface area (Å²) in [6.07, 6.45) is 110. The summed E-state index contributed by atoms with van der Waals surface area (Å²) in [5.41, 5.74) is 0. The van der Waals surface area contributed by atoms with Gasteiger partial charge in [-0.05, 0) is 116 Å². The Labute approximate surface area is 598 Å². The molecule has 0 fully saturated rings. The minimum absolute atomic E-state index is 0.184. The quantitative estimate of drug-likeness (QED) is 0.0211. The molecule has 2 unspecified atom stereocenters. The van der Waals surface area contributed by atoms with Gasteiger partial charge in [-0.15, -0.1) is 0 Å². The van der Waals surface area contributed by atoms with Crippen LogP contribution in [0, 0.1) is 0 Å². The van der Waals surface area contributed by atoms with Gasteiger partial charge in [0, 0.05) is 12.8 Å². The molecule has 1 N–H and O–H groups in total. The fourth-order valence-electron chi connectivity index (χ4n) is 11.1. The third-order valence-electron chi connectivity index (χ3n) is 17.1. The van der Waals surface area contributed by atoms with Crippen LogP contribution in [-0.4, -0.2) is 87.4 Å². The van der Waals surface area contributed by atoms with Crippen LogP contribution in [0.1, 0.15) is 335 Å². The van der Waals surface area contributed by atoms with Crippen molar-refractivity contribution in [1.82, 2.24) is 0 Å². The van der Waals surface area contributed by atoms with Crippen molar-refractivity contribution in [2.24, 2.45) is 0 Å². The van der Waals surface area contributed by atoms with Crippen LogP contribution in [0.2, 0.25) is 0 Å². The third kappa shape index (κ3) is 78.4. The fourth-order valence-corrected chi connectivity index (χ4v) is 11.1. The highest BCUT2D eigenvalue weighted by molar-refractivity contribution is 5.71. The van der Waals surface area contributed by atoms with E-state index in [-0.39, 0.29) is 32.2 Å². The number of carboxylic acid groups (broad SMARTS) is 1. The Kier molecular flexibility index (Phi) is 73.1. The largest absolute Gasteiger partial charge is 0.477 e. The summed E-state index contributed by atoms with van der Waals surface area (Å²) >= 11 is 0. The standard InChI is InChI=1S/C88H149NO8/c1-6-8-10-12-14-16-18-20-22-24-26-28-30-32-34-36-38-40-41-42-43-44-45-47-49-51-53-55-57-59-61-63-65-67-69-71-73-75-77-79-86(91)97-84(83-96-88(87(92)93)94-81-80-89(3,4)5)82-95-85(90)78-76-74-72-70-68-66-64-62-60-58-56-54-52-50-48-46-39-37-35-33-31-29-27-25-23-21-19-17-15-13-11-9-7-2/h8-11,14-17,20-23,26-29,32,34,38,40,42-43,45,47,84,88H,6-7,12-13,18-19,24-25,30-31,33,35-37,39,41,44,46,48-83H2,1-5H3/p+1/b10-8-,11-9-,16-14-,17-15-,22-20-,23-21-,28-26-,29-27-,34-32-,40-38-,43-42-,47-45-. The van der Waals surface area contributed by atoms with E-state index in [4.69, 9.17) is 18.9 Å². The topological polar surface area (TPSA) is 108 Å². The lowest BCUT2D eigenvalue weighted by atomic mass is 10.0. The smallest absolute Gasteiger partial charge is 0.361 e. The molecule has 97 heavy (non-hydrogen) atoms. The number of rotatable bonds is 73. The van der Waals surface area contributed by atoms with Crippen molar-refractivity contribution in [2.75, 3.05) is 47.5 Å². The summed E-state index contributed by atoms with van der Waals surface area (Å²) in [6.45, 7) is 4.68. The number of nitrogens with zero attached hydrogens (tertiary/aromatic N) is 1. The van der Waals surface area contributed by atoms with Crippen LogP contribution in [0.25, 0.3) is 0 Å². The van der Waals surface area contributed by atoms with Gasteiger partial charge < -0.3 is 28.5 Å². The molecule has 2 atom stereocenters. The summed E-state index contributed by atoms with van der Waals surface area (Å²) < 4.78 is 23.1. The molecule has 0 saturated carbocycles. The highest BCUT2D eigenvalue weighted by atomic mass is 16.7. The predicted molar refractivity (Wildman–Crippen MR) is 419 cm³/mol. The molecule has 0 rings (SSSR count). The van der Waals surface area contributed by atoms with Gasteiger partial charge in [-0.2, -0.15) is 0 Å². The maximum absolute atomic E-state index is 13.0. The molecule has 9 heteroatoms. The zero-order chi connectivity index (χ0) is 70.4. The van der Waals surface area contributed by atoms with Gasteiger partial charge in [0.15, 0.2) is 6.10 Å². The van der Waals surface area contributed by atoms with Gasteiger partial charge in [0.1, 0.15) is 13.2 Å². The first kappa shape index (κ1) is 92.2. The van der Waals surface area contributed by atoms with Crippen LogP contribution in [0.15, 0.2) is 146 Å². The van der Waals surface area contributed by atoms with Crippen LogP contribution in [0.5, 0.6) is 0 Å². The molecular weight excluding hydrogens is 1200 g/mol.